The van der Waals surface area contributed by atoms with Crippen LogP contribution in [0.25, 0.3) is 0 Å². The number of nitrogens with zero attached hydrogens (tertiary/aromatic N) is 1. The molecule has 1 N–H and O–H groups in total. The minimum absolute atomic E-state index is 0.142. The van der Waals surface area contributed by atoms with Crippen LogP contribution in [0.5, 0.6) is 5.75 Å². The quantitative estimate of drug-likeness (QED) is 0.663. The van der Waals surface area contributed by atoms with E-state index in [0.29, 0.717) is 17.9 Å². The average molecular weight is 375 g/mol. The molecule has 0 radical (unpaired) electrons. The summed E-state index contributed by atoms with van der Waals surface area (Å²) < 4.78 is 5.77. The zero-order valence-corrected chi connectivity index (χ0v) is 16.2. The van der Waals surface area contributed by atoms with Crippen molar-refractivity contribution < 1.29 is 14.6 Å². The molecule has 28 heavy (non-hydrogen) atoms. The first-order valence-electron chi connectivity index (χ1n) is 9.33. The van der Waals surface area contributed by atoms with Crippen LogP contribution in [-0.2, 0) is 6.61 Å². The fraction of sp³-hybridized carbons (Fsp3) is 0.208. The van der Waals surface area contributed by atoms with E-state index in [9.17, 15) is 9.90 Å². The third-order valence-corrected chi connectivity index (χ3v) is 4.88. The van der Waals surface area contributed by atoms with Crippen molar-refractivity contribution in [1.82, 2.24) is 4.90 Å². The molecule has 0 spiro atoms. The van der Waals surface area contributed by atoms with Gasteiger partial charge in [-0.05, 0) is 42.3 Å². The highest BCUT2D eigenvalue weighted by Crippen LogP contribution is 2.22. The Bertz CT molecular complexity index is 879. The van der Waals surface area contributed by atoms with Gasteiger partial charge in [-0.25, -0.2) is 0 Å². The molecule has 0 bridgehead atoms. The molecule has 0 heterocycles. The zero-order valence-electron chi connectivity index (χ0n) is 16.2. The van der Waals surface area contributed by atoms with Crippen molar-refractivity contribution in [3.05, 3.63) is 102 Å². The summed E-state index contributed by atoms with van der Waals surface area (Å²) in [5.74, 6) is 0.567. The van der Waals surface area contributed by atoms with Crippen LogP contribution in [0, 0.1) is 0 Å². The van der Waals surface area contributed by atoms with E-state index in [1.807, 2.05) is 67.6 Å². The standard InChI is InChI=1S/C24H25NO3/c1-18(23(26)20-11-7-4-8-12-20)25(2)24(27)21-13-15-22(16-14-21)28-17-19-9-5-3-6-10-19/h3-16,18,23,26H,17H2,1-2H3. The van der Waals surface area contributed by atoms with Crippen LogP contribution in [0.15, 0.2) is 84.9 Å². The average Bonchev–Trinajstić information content (AvgIpc) is 2.77. The molecule has 0 aliphatic heterocycles. The Labute approximate surface area is 166 Å². The maximum atomic E-state index is 12.8. The number of ether oxygens (including phenoxy) is 1. The highest BCUT2D eigenvalue weighted by molar-refractivity contribution is 5.94. The first-order valence-corrected chi connectivity index (χ1v) is 9.33. The Morgan fingerprint density at radius 1 is 0.929 bits per heavy atom. The molecule has 0 aliphatic carbocycles. The lowest BCUT2D eigenvalue weighted by molar-refractivity contribution is 0.0487. The number of likely N-dealkylation sites (N-methyl/N-ethyl adjacent to an activating group) is 1. The second-order valence-corrected chi connectivity index (χ2v) is 6.81. The van der Waals surface area contributed by atoms with Gasteiger partial charge >= 0.3 is 0 Å². The Hall–Kier alpha value is -3.11. The smallest absolute Gasteiger partial charge is 0.253 e. The molecule has 3 aromatic rings. The van der Waals surface area contributed by atoms with E-state index in [0.717, 1.165) is 11.1 Å². The maximum absolute atomic E-state index is 12.8. The van der Waals surface area contributed by atoms with Crippen LogP contribution < -0.4 is 4.74 Å². The van der Waals surface area contributed by atoms with Crippen LogP contribution in [-0.4, -0.2) is 29.0 Å². The number of hydrogen-bond acceptors (Lipinski definition) is 3. The number of carbonyl (C=O) groups is 1. The molecule has 0 fully saturated rings. The van der Waals surface area contributed by atoms with Crippen molar-refractivity contribution in [2.45, 2.75) is 25.7 Å². The summed E-state index contributed by atoms with van der Waals surface area (Å²) in [6.45, 7) is 2.32. The van der Waals surface area contributed by atoms with Crippen molar-refractivity contribution in [2.24, 2.45) is 0 Å². The Morgan fingerprint density at radius 3 is 2.11 bits per heavy atom. The van der Waals surface area contributed by atoms with Gasteiger partial charge in [0.25, 0.3) is 5.91 Å². The van der Waals surface area contributed by atoms with Gasteiger partial charge in [-0.3, -0.25) is 4.79 Å². The van der Waals surface area contributed by atoms with Gasteiger partial charge < -0.3 is 14.7 Å². The third-order valence-electron chi connectivity index (χ3n) is 4.88. The Kier molecular flexibility index (Phi) is 6.45. The second kappa shape index (κ2) is 9.20. The largest absolute Gasteiger partial charge is 0.489 e. The molecule has 3 aromatic carbocycles. The highest BCUT2D eigenvalue weighted by atomic mass is 16.5. The number of aliphatic hydroxyl groups is 1. The Morgan fingerprint density at radius 2 is 1.50 bits per heavy atom. The van der Waals surface area contributed by atoms with E-state index >= 15 is 0 Å². The summed E-state index contributed by atoms with van der Waals surface area (Å²) in [6, 6.07) is 26.0. The second-order valence-electron chi connectivity index (χ2n) is 6.81. The number of rotatable bonds is 7. The van der Waals surface area contributed by atoms with Gasteiger partial charge in [0.05, 0.1) is 12.1 Å². The molecule has 0 saturated heterocycles. The van der Waals surface area contributed by atoms with Crippen molar-refractivity contribution in [3.8, 4) is 5.75 Å². The lowest BCUT2D eigenvalue weighted by atomic mass is 10.0. The first-order chi connectivity index (χ1) is 13.6. The van der Waals surface area contributed by atoms with E-state index in [4.69, 9.17) is 4.74 Å². The van der Waals surface area contributed by atoms with Crippen molar-refractivity contribution >= 4 is 5.91 Å². The van der Waals surface area contributed by atoms with Crippen LogP contribution in [0.1, 0.15) is 34.5 Å². The summed E-state index contributed by atoms with van der Waals surface area (Å²) in [4.78, 5) is 14.4. The van der Waals surface area contributed by atoms with Gasteiger partial charge in [-0.15, -0.1) is 0 Å². The molecular formula is C24H25NO3. The van der Waals surface area contributed by atoms with Crippen LogP contribution in [0.4, 0.5) is 0 Å². The van der Waals surface area contributed by atoms with E-state index in [-0.39, 0.29) is 11.9 Å². The third kappa shape index (κ3) is 4.78. The monoisotopic (exact) mass is 375 g/mol. The number of benzene rings is 3. The predicted molar refractivity (Wildman–Crippen MR) is 110 cm³/mol. The minimum atomic E-state index is -0.747. The van der Waals surface area contributed by atoms with Gasteiger partial charge in [-0.2, -0.15) is 0 Å². The van der Waals surface area contributed by atoms with E-state index in [1.165, 1.54) is 0 Å². The SMILES string of the molecule is CC(C(O)c1ccccc1)N(C)C(=O)c1ccc(OCc2ccccc2)cc1. The lowest BCUT2D eigenvalue weighted by Gasteiger charge is -2.29. The molecule has 2 atom stereocenters. The normalized spacial score (nSPS) is 12.8. The molecule has 3 rings (SSSR count). The summed E-state index contributed by atoms with van der Waals surface area (Å²) in [5, 5.41) is 10.6. The minimum Gasteiger partial charge on any atom is -0.489 e. The van der Waals surface area contributed by atoms with Crippen LogP contribution in [0.2, 0.25) is 0 Å². The molecular weight excluding hydrogens is 350 g/mol. The number of hydrogen-bond donors (Lipinski definition) is 1. The molecule has 1 amide bonds. The molecule has 0 aliphatic rings. The van der Waals surface area contributed by atoms with Gasteiger partial charge in [0.2, 0.25) is 0 Å². The maximum Gasteiger partial charge on any atom is 0.253 e. The summed E-state index contributed by atoms with van der Waals surface area (Å²) in [7, 11) is 1.71. The summed E-state index contributed by atoms with van der Waals surface area (Å²) in [6.07, 6.45) is -0.747. The van der Waals surface area contributed by atoms with E-state index in [1.54, 1.807) is 36.2 Å². The number of amides is 1. The molecule has 2 unspecified atom stereocenters. The fourth-order valence-electron chi connectivity index (χ4n) is 2.96. The fourth-order valence-corrected chi connectivity index (χ4v) is 2.96. The zero-order chi connectivity index (χ0) is 19.9. The molecule has 4 nitrogen and oxygen atoms in total. The summed E-state index contributed by atoms with van der Waals surface area (Å²) in [5.41, 5.74) is 2.44. The predicted octanol–water partition coefficient (Wildman–Crippen LogP) is 4.46. The number of aliphatic hydroxyl groups excluding tert-OH is 1. The highest BCUT2D eigenvalue weighted by Gasteiger charge is 2.24. The Balaban J connectivity index is 1.61. The first kappa shape index (κ1) is 19.6. The van der Waals surface area contributed by atoms with Crippen molar-refractivity contribution in [3.63, 3.8) is 0 Å². The van der Waals surface area contributed by atoms with Crippen LogP contribution in [0.3, 0.4) is 0 Å². The summed E-state index contributed by atoms with van der Waals surface area (Å²) >= 11 is 0. The van der Waals surface area contributed by atoms with Gasteiger partial charge in [-0.1, -0.05) is 60.7 Å². The van der Waals surface area contributed by atoms with Crippen LogP contribution >= 0.6 is 0 Å². The molecule has 0 aromatic heterocycles. The molecule has 4 heteroatoms. The van der Waals surface area contributed by atoms with Gasteiger partial charge in [0.15, 0.2) is 0 Å². The van der Waals surface area contributed by atoms with Crippen molar-refractivity contribution in [1.29, 1.82) is 0 Å². The molecule has 144 valence electrons. The molecule has 0 saturated carbocycles. The van der Waals surface area contributed by atoms with E-state index < -0.39 is 6.10 Å². The number of carbonyl (C=O) groups excluding carboxylic acids is 1. The van der Waals surface area contributed by atoms with Crippen molar-refractivity contribution in [2.75, 3.05) is 7.05 Å². The topological polar surface area (TPSA) is 49.8 Å². The lowest BCUT2D eigenvalue weighted by Crippen LogP contribution is -2.39. The van der Waals surface area contributed by atoms with E-state index in [2.05, 4.69) is 0 Å². The van der Waals surface area contributed by atoms with Gasteiger partial charge in [0, 0.05) is 12.6 Å². The van der Waals surface area contributed by atoms with Gasteiger partial charge in [0.1, 0.15) is 12.4 Å².